The van der Waals surface area contributed by atoms with Crippen LogP contribution in [0, 0.1) is 6.92 Å². The van der Waals surface area contributed by atoms with E-state index < -0.39 is 0 Å². The highest BCUT2D eigenvalue weighted by Crippen LogP contribution is 2.47. The molecule has 2 aliphatic heterocycles. The van der Waals surface area contributed by atoms with E-state index in [1.165, 1.54) is 48.2 Å². The summed E-state index contributed by atoms with van der Waals surface area (Å²) in [5, 5.41) is 0. The lowest BCUT2D eigenvalue weighted by Gasteiger charge is -2.35. The Bertz CT molecular complexity index is 1070. The Morgan fingerprint density at radius 2 is 1.70 bits per heavy atom. The Morgan fingerprint density at radius 3 is 2.45 bits per heavy atom. The third-order valence-electron chi connectivity index (χ3n) is 6.96. The lowest BCUT2D eigenvalue weighted by Crippen LogP contribution is -2.25. The van der Waals surface area contributed by atoms with Crippen molar-refractivity contribution in [1.82, 2.24) is 4.90 Å². The molecular weight excluding hydrogens is 410 g/mol. The molecule has 2 heterocycles. The van der Waals surface area contributed by atoms with E-state index in [9.17, 15) is 0 Å². The molecule has 1 fully saturated rings. The van der Waals surface area contributed by atoms with Crippen LogP contribution in [0.25, 0.3) is 0 Å². The van der Waals surface area contributed by atoms with Gasteiger partial charge in [-0.05, 0) is 62.2 Å². The third kappa shape index (κ3) is 4.86. The molecule has 5 rings (SSSR count). The summed E-state index contributed by atoms with van der Waals surface area (Å²) in [5.74, 6) is 3.12. The van der Waals surface area contributed by atoms with E-state index >= 15 is 0 Å². The monoisotopic (exact) mass is 443 g/mol. The molecular formula is C29H33NO3. The molecule has 2 aliphatic rings. The molecule has 2 unspecified atom stereocenters. The number of hydrogen-bond acceptors (Lipinski definition) is 4. The second-order valence-electron chi connectivity index (χ2n) is 9.18. The number of hydrogen-bond donors (Lipinski definition) is 0. The standard InChI is InChI=1S/C29H33NO3/c1-21-6-5-7-23(18-21)27-20-33-28-19-25(31-2)12-13-26(28)29(27)22-8-10-24(11-9-22)32-17-16-30-14-3-4-15-30/h5-13,18-19,27,29H,3-4,14-17,20H2,1-2H3. The summed E-state index contributed by atoms with van der Waals surface area (Å²) in [7, 11) is 1.69. The van der Waals surface area contributed by atoms with Crippen molar-refractivity contribution in [2.75, 3.05) is 40.0 Å². The molecule has 3 aromatic rings. The van der Waals surface area contributed by atoms with Crippen molar-refractivity contribution in [2.24, 2.45) is 0 Å². The van der Waals surface area contributed by atoms with Crippen LogP contribution >= 0.6 is 0 Å². The van der Waals surface area contributed by atoms with Crippen molar-refractivity contribution in [3.8, 4) is 17.2 Å². The highest BCUT2D eigenvalue weighted by molar-refractivity contribution is 5.51. The molecule has 172 valence electrons. The SMILES string of the molecule is COc1ccc2c(c1)OCC(c1cccc(C)c1)C2c1ccc(OCCN2CCCC2)cc1. The summed E-state index contributed by atoms with van der Waals surface area (Å²) in [6, 6.07) is 23.7. The van der Waals surface area contributed by atoms with Crippen molar-refractivity contribution in [3.05, 3.63) is 89.0 Å². The first-order valence-electron chi connectivity index (χ1n) is 12.0. The van der Waals surface area contributed by atoms with Crippen LogP contribution in [0.2, 0.25) is 0 Å². The summed E-state index contributed by atoms with van der Waals surface area (Å²) in [4.78, 5) is 2.48. The number of nitrogens with zero attached hydrogens (tertiary/aromatic N) is 1. The summed E-state index contributed by atoms with van der Waals surface area (Å²) in [5.41, 5.74) is 5.07. The third-order valence-corrected chi connectivity index (χ3v) is 6.96. The normalized spacial score (nSPS) is 20.2. The highest BCUT2D eigenvalue weighted by Gasteiger charge is 2.33. The quantitative estimate of drug-likeness (QED) is 0.463. The molecule has 4 heteroatoms. The van der Waals surface area contributed by atoms with Gasteiger partial charge in [-0.25, -0.2) is 0 Å². The van der Waals surface area contributed by atoms with Crippen LogP contribution in [0.5, 0.6) is 17.2 Å². The second kappa shape index (κ2) is 9.88. The summed E-state index contributed by atoms with van der Waals surface area (Å²) in [6.45, 7) is 6.95. The van der Waals surface area contributed by atoms with Crippen LogP contribution in [0.4, 0.5) is 0 Å². The minimum absolute atomic E-state index is 0.208. The molecule has 0 radical (unpaired) electrons. The number of aryl methyl sites for hydroxylation is 1. The summed E-state index contributed by atoms with van der Waals surface area (Å²) >= 11 is 0. The van der Waals surface area contributed by atoms with E-state index in [0.29, 0.717) is 6.61 Å². The van der Waals surface area contributed by atoms with Gasteiger partial charge in [0.15, 0.2) is 0 Å². The van der Waals surface area contributed by atoms with Gasteiger partial charge in [-0.1, -0.05) is 48.0 Å². The van der Waals surface area contributed by atoms with Crippen LogP contribution < -0.4 is 14.2 Å². The van der Waals surface area contributed by atoms with Crippen molar-refractivity contribution in [2.45, 2.75) is 31.6 Å². The topological polar surface area (TPSA) is 30.9 Å². The van der Waals surface area contributed by atoms with Crippen LogP contribution in [0.1, 0.15) is 46.9 Å². The van der Waals surface area contributed by atoms with Gasteiger partial charge >= 0.3 is 0 Å². The molecule has 2 atom stereocenters. The number of rotatable bonds is 7. The lowest BCUT2D eigenvalue weighted by molar-refractivity contribution is 0.237. The van der Waals surface area contributed by atoms with Crippen LogP contribution in [0.15, 0.2) is 66.7 Å². The highest BCUT2D eigenvalue weighted by atomic mass is 16.5. The maximum Gasteiger partial charge on any atom is 0.126 e. The average Bonchev–Trinajstić information content (AvgIpc) is 3.37. The fourth-order valence-electron chi connectivity index (χ4n) is 5.19. The second-order valence-corrected chi connectivity index (χ2v) is 9.18. The van der Waals surface area contributed by atoms with Crippen molar-refractivity contribution >= 4 is 0 Å². The fraction of sp³-hybridized carbons (Fsp3) is 0.379. The van der Waals surface area contributed by atoms with E-state index in [2.05, 4.69) is 66.4 Å². The number of fused-ring (bicyclic) bond motifs is 1. The minimum atomic E-state index is 0.208. The molecule has 0 spiro atoms. The molecule has 0 aromatic heterocycles. The lowest BCUT2D eigenvalue weighted by atomic mass is 9.75. The Balaban J connectivity index is 1.41. The molecule has 1 saturated heterocycles. The van der Waals surface area contributed by atoms with Gasteiger partial charge < -0.3 is 14.2 Å². The molecule has 0 aliphatic carbocycles. The molecule has 33 heavy (non-hydrogen) atoms. The van der Waals surface area contributed by atoms with E-state index in [1.807, 2.05) is 12.1 Å². The van der Waals surface area contributed by atoms with Gasteiger partial charge in [-0.2, -0.15) is 0 Å². The largest absolute Gasteiger partial charge is 0.497 e. The first kappa shape index (κ1) is 21.8. The molecule has 0 N–H and O–H groups in total. The van der Waals surface area contributed by atoms with Crippen molar-refractivity contribution in [1.29, 1.82) is 0 Å². The zero-order valence-electron chi connectivity index (χ0n) is 19.6. The fourth-order valence-corrected chi connectivity index (χ4v) is 5.19. The number of methoxy groups -OCH3 is 1. The summed E-state index contributed by atoms with van der Waals surface area (Å²) < 4.78 is 17.7. The van der Waals surface area contributed by atoms with Gasteiger partial charge in [0.1, 0.15) is 23.9 Å². The van der Waals surface area contributed by atoms with E-state index in [-0.39, 0.29) is 11.8 Å². The molecule has 3 aromatic carbocycles. The van der Waals surface area contributed by atoms with Gasteiger partial charge in [-0.15, -0.1) is 0 Å². The van der Waals surface area contributed by atoms with Crippen LogP contribution in [-0.2, 0) is 0 Å². The van der Waals surface area contributed by atoms with E-state index in [1.54, 1.807) is 7.11 Å². The Kier molecular flexibility index (Phi) is 6.54. The Morgan fingerprint density at radius 1 is 0.909 bits per heavy atom. The van der Waals surface area contributed by atoms with Gasteiger partial charge in [0, 0.05) is 30.0 Å². The van der Waals surface area contributed by atoms with E-state index in [4.69, 9.17) is 14.2 Å². The van der Waals surface area contributed by atoms with Gasteiger partial charge in [0.25, 0.3) is 0 Å². The number of likely N-dealkylation sites (tertiary alicyclic amines) is 1. The predicted octanol–water partition coefficient (Wildman–Crippen LogP) is 5.79. The maximum absolute atomic E-state index is 6.24. The smallest absolute Gasteiger partial charge is 0.126 e. The molecule has 0 saturated carbocycles. The number of ether oxygens (including phenoxy) is 3. The Hall–Kier alpha value is -2.98. The van der Waals surface area contributed by atoms with Gasteiger partial charge in [0.2, 0.25) is 0 Å². The molecule has 4 nitrogen and oxygen atoms in total. The molecule has 0 amide bonds. The van der Waals surface area contributed by atoms with E-state index in [0.717, 1.165) is 30.4 Å². The summed E-state index contributed by atoms with van der Waals surface area (Å²) in [6.07, 6.45) is 2.63. The molecule has 0 bridgehead atoms. The Labute approximate surface area is 197 Å². The van der Waals surface area contributed by atoms with Crippen LogP contribution in [0.3, 0.4) is 0 Å². The van der Waals surface area contributed by atoms with Gasteiger partial charge in [-0.3, -0.25) is 4.90 Å². The minimum Gasteiger partial charge on any atom is -0.497 e. The number of benzene rings is 3. The zero-order chi connectivity index (χ0) is 22.6. The first-order chi connectivity index (χ1) is 16.2. The maximum atomic E-state index is 6.24. The predicted molar refractivity (Wildman–Crippen MR) is 132 cm³/mol. The first-order valence-corrected chi connectivity index (χ1v) is 12.0. The van der Waals surface area contributed by atoms with Gasteiger partial charge in [0.05, 0.1) is 13.7 Å². The zero-order valence-corrected chi connectivity index (χ0v) is 19.6. The van der Waals surface area contributed by atoms with Crippen molar-refractivity contribution in [3.63, 3.8) is 0 Å². The van der Waals surface area contributed by atoms with Crippen molar-refractivity contribution < 1.29 is 14.2 Å². The average molecular weight is 444 g/mol. The van der Waals surface area contributed by atoms with Crippen LogP contribution in [-0.4, -0.2) is 44.9 Å².